The SMILES string of the molecule is CCOc1ccc(NCCN2CCOCC2)cn1. The van der Waals surface area contributed by atoms with Gasteiger partial charge in [-0.15, -0.1) is 0 Å². The molecule has 2 rings (SSSR count). The van der Waals surface area contributed by atoms with E-state index in [1.54, 1.807) is 0 Å². The van der Waals surface area contributed by atoms with E-state index in [-0.39, 0.29) is 0 Å². The number of nitrogens with zero attached hydrogens (tertiary/aromatic N) is 2. The Labute approximate surface area is 108 Å². The zero-order valence-electron chi connectivity index (χ0n) is 10.9. The third-order valence-corrected chi connectivity index (χ3v) is 2.89. The second kappa shape index (κ2) is 7.18. The Balaban J connectivity index is 1.69. The molecule has 5 heteroatoms. The van der Waals surface area contributed by atoms with Crippen molar-refractivity contribution >= 4 is 5.69 Å². The van der Waals surface area contributed by atoms with Crippen LogP contribution in [0, 0.1) is 0 Å². The minimum absolute atomic E-state index is 0.650. The lowest BCUT2D eigenvalue weighted by molar-refractivity contribution is 0.0398. The molecule has 100 valence electrons. The van der Waals surface area contributed by atoms with E-state index in [0.29, 0.717) is 12.5 Å². The van der Waals surface area contributed by atoms with Crippen LogP contribution < -0.4 is 10.1 Å². The van der Waals surface area contributed by atoms with Crippen LogP contribution in [0.5, 0.6) is 5.88 Å². The summed E-state index contributed by atoms with van der Waals surface area (Å²) >= 11 is 0. The molecule has 1 fully saturated rings. The van der Waals surface area contributed by atoms with Crippen molar-refractivity contribution in [3.63, 3.8) is 0 Å². The lowest BCUT2D eigenvalue weighted by atomic mass is 10.4. The highest BCUT2D eigenvalue weighted by atomic mass is 16.5. The Morgan fingerprint density at radius 2 is 2.22 bits per heavy atom. The molecule has 0 amide bonds. The molecular formula is C13H21N3O2. The predicted molar refractivity (Wildman–Crippen MR) is 71.2 cm³/mol. The molecule has 0 bridgehead atoms. The van der Waals surface area contributed by atoms with Crippen molar-refractivity contribution in [2.45, 2.75) is 6.92 Å². The highest BCUT2D eigenvalue weighted by molar-refractivity contribution is 5.41. The summed E-state index contributed by atoms with van der Waals surface area (Å²) in [6.07, 6.45) is 1.81. The quantitative estimate of drug-likeness (QED) is 0.824. The standard InChI is InChI=1S/C13H21N3O2/c1-2-18-13-4-3-12(11-15-13)14-5-6-16-7-9-17-10-8-16/h3-4,11,14H,2,5-10H2,1H3. The van der Waals surface area contributed by atoms with Gasteiger partial charge in [-0.25, -0.2) is 4.98 Å². The van der Waals surface area contributed by atoms with Gasteiger partial charge in [0.2, 0.25) is 5.88 Å². The number of pyridine rings is 1. The summed E-state index contributed by atoms with van der Waals surface area (Å²) in [5.41, 5.74) is 1.03. The summed E-state index contributed by atoms with van der Waals surface area (Å²) in [5.74, 6) is 0.677. The lowest BCUT2D eigenvalue weighted by Gasteiger charge is -2.26. The summed E-state index contributed by atoms with van der Waals surface area (Å²) < 4.78 is 10.6. The fraction of sp³-hybridized carbons (Fsp3) is 0.615. The summed E-state index contributed by atoms with van der Waals surface area (Å²) in [7, 11) is 0. The fourth-order valence-electron chi connectivity index (χ4n) is 1.90. The van der Waals surface area contributed by atoms with Gasteiger partial charge < -0.3 is 14.8 Å². The van der Waals surface area contributed by atoms with Crippen molar-refractivity contribution in [1.29, 1.82) is 0 Å². The first-order chi connectivity index (χ1) is 8.88. The van der Waals surface area contributed by atoms with E-state index in [4.69, 9.17) is 9.47 Å². The molecule has 18 heavy (non-hydrogen) atoms. The molecular weight excluding hydrogens is 230 g/mol. The number of nitrogens with one attached hydrogen (secondary N) is 1. The van der Waals surface area contributed by atoms with Crippen molar-refractivity contribution in [1.82, 2.24) is 9.88 Å². The highest BCUT2D eigenvalue weighted by Crippen LogP contribution is 2.11. The van der Waals surface area contributed by atoms with E-state index in [0.717, 1.165) is 45.1 Å². The number of ether oxygens (including phenoxy) is 2. The first-order valence-corrected chi connectivity index (χ1v) is 6.51. The molecule has 0 aromatic carbocycles. The second-order valence-corrected chi connectivity index (χ2v) is 4.20. The van der Waals surface area contributed by atoms with Crippen molar-refractivity contribution < 1.29 is 9.47 Å². The van der Waals surface area contributed by atoms with Crippen molar-refractivity contribution in [2.24, 2.45) is 0 Å². The maximum Gasteiger partial charge on any atom is 0.213 e. The first kappa shape index (κ1) is 13.1. The van der Waals surface area contributed by atoms with Gasteiger partial charge in [-0.05, 0) is 13.0 Å². The maximum absolute atomic E-state index is 5.31. The van der Waals surface area contributed by atoms with Crippen LogP contribution in [-0.4, -0.2) is 55.9 Å². The molecule has 0 radical (unpaired) electrons. The van der Waals surface area contributed by atoms with E-state index in [2.05, 4.69) is 15.2 Å². The first-order valence-electron chi connectivity index (χ1n) is 6.51. The van der Waals surface area contributed by atoms with Crippen LogP contribution in [0.15, 0.2) is 18.3 Å². The molecule has 1 aliphatic heterocycles. The average molecular weight is 251 g/mol. The van der Waals surface area contributed by atoms with Gasteiger partial charge in [0.25, 0.3) is 0 Å². The van der Waals surface area contributed by atoms with Crippen LogP contribution in [-0.2, 0) is 4.74 Å². The zero-order chi connectivity index (χ0) is 12.6. The smallest absolute Gasteiger partial charge is 0.213 e. The average Bonchev–Trinajstić information content (AvgIpc) is 2.42. The van der Waals surface area contributed by atoms with E-state index in [1.165, 1.54) is 0 Å². The minimum atomic E-state index is 0.650. The molecule has 1 N–H and O–H groups in total. The summed E-state index contributed by atoms with van der Waals surface area (Å²) in [4.78, 5) is 6.62. The summed E-state index contributed by atoms with van der Waals surface area (Å²) in [6.45, 7) is 8.33. The number of morpholine rings is 1. The Kier molecular flexibility index (Phi) is 5.23. The van der Waals surface area contributed by atoms with Crippen molar-refractivity contribution in [2.75, 3.05) is 51.3 Å². The van der Waals surface area contributed by atoms with E-state index >= 15 is 0 Å². The number of hydrogen-bond acceptors (Lipinski definition) is 5. The van der Waals surface area contributed by atoms with Gasteiger partial charge >= 0.3 is 0 Å². The molecule has 1 aromatic rings. The molecule has 1 aromatic heterocycles. The van der Waals surface area contributed by atoms with Gasteiger partial charge in [-0.3, -0.25) is 4.90 Å². The van der Waals surface area contributed by atoms with Crippen LogP contribution in [0.2, 0.25) is 0 Å². The minimum Gasteiger partial charge on any atom is -0.478 e. The Morgan fingerprint density at radius 1 is 1.39 bits per heavy atom. The Hall–Kier alpha value is -1.33. The third kappa shape index (κ3) is 4.16. The molecule has 5 nitrogen and oxygen atoms in total. The maximum atomic E-state index is 5.31. The molecule has 0 atom stereocenters. The summed E-state index contributed by atoms with van der Waals surface area (Å²) in [6, 6.07) is 3.89. The van der Waals surface area contributed by atoms with Crippen LogP contribution in [0.4, 0.5) is 5.69 Å². The van der Waals surface area contributed by atoms with E-state index in [1.807, 2.05) is 25.3 Å². The van der Waals surface area contributed by atoms with Gasteiger partial charge in [0, 0.05) is 32.2 Å². The normalized spacial score (nSPS) is 16.5. The summed E-state index contributed by atoms with van der Waals surface area (Å²) in [5, 5.41) is 3.36. The van der Waals surface area contributed by atoms with Gasteiger partial charge in [-0.2, -0.15) is 0 Å². The molecule has 1 aliphatic rings. The van der Waals surface area contributed by atoms with E-state index < -0.39 is 0 Å². The lowest BCUT2D eigenvalue weighted by Crippen LogP contribution is -2.39. The molecule has 0 saturated carbocycles. The van der Waals surface area contributed by atoms with Gasteiger partial charge in [-0.1, -0.05) is 0 Å². The number of rotatable bonds is 6. The molecule has 0 aliphatic carbocycles. The molecule has 0 unspecified atom stereocenters. The zero-order valence-corrected chi connectivity index (χ0v) is 10.9. The topological polar surface area (TPSA) is 46.6 Å². The van der Waals surface area contributed by atoms with Gasteiger partial charge in [0.15, 0.2) is 0 Å². The van der Waals surface area contributed by atoms with Crippen LogP contribution in [0.1, 0.15) is 6.92 Å². The number of hydrogen-bond donors (Lipinski definition) is 1. The molecule has 1 saturated heterocycles. The number of anilines is 1. The van der Waals surface area contributed by atoms with Gasteiger partial charge in [0.05, 0.1) is 31.7 Å². The number of aromatic nitrogens is 1. The van der Waals surface area contributed by atoms with E-state index in [9.17, 15) is 0 Å². The monoisotopic (exact) mass is 251 g/mol. The van der Waals surface area contributed by atoms with Crippen LogP contribution in [0.3, 0.4) is 0 Å². The highest BCUT2D eigenvalue weighted by Gasteiger charge is 2.08. The predicted octanol–water partition coefficient (Wildman–Crippen LogP) is 1.22. The Morgan fingerprint density at radius 3 is 2.89 bits per heavy atom. The Bertz CT molecular complexity index is 337. The van der Waals surface area contributed by atoms with Crippen molar-refractivity contribution in [3.05, 3.63) is 18.3 Å². The van der Waals surface area contributed by atoms with Crippen LogP contribution >= 0.6 is 0 Å². The van der Waals surface area contributed by atoms with Crippen molar-refractivity contribution in [3.8, 4) is 5.88 Å². The third-order valence-electron chi connectivity index (χ3n) is 2.89. The second-order valence-electron chi connectivity index (χ2n) is 4.20. The largest absolute Gasteiger partial charge is 0.478 e. The van der Waals surface area contributed by atoms with Gasteiger partial charge in [0.1, 0.15) is 0 Å². The molecule has 0 spiro atoms. The van der Waals surface area contributed by atoms with Crippen LogP contribution in [0.25, 0.3) is 0 Å². The fourth-order valence-corrected chi connectivity index (χ4v) is 1.90. The molecule has 2 heterocycles.